The Kier molecular flexibility index (Phi) is 4.04. The molecule has 1 aromatic carbocycles. The van der Waals surface area contributed by atoms with Gasteiger partial charge in [-0.3, -0.25) is 4.79 Å². The highest BCUT2D eigenvalue weighted by Crippen LogP contribution is 2.24. The second kappa shape index (κ2) is 5.09. The third-order valence-electron chi connectivity index (χ3n) is 2.04. The summed E-state index contributed by atoms with van der Waals surface area (Å²) in [5.41, 5.74) is 0.736. The summed E-state index contributed by atoms with van der Waals surface area (Å²) in [4.78, 5) is 21.5. The van der Waals surface area contributed by atoms with Crippen LogP contribution in [-0.2, 0) is 16.0 Å². The number of aliphatic hydroxyl groups excluding tert-OH is 1. The Labute approximate surface area is 97.5 Å². The summed E-state index contributed by atoms with van der Waals surface area (Å²) < 4.78 is 0. The Balaban J connectivity index is 3.08. The number of halogens is 1. The van der Waals surface area contributed by atoms with Crippen molar-refractivity contribution in [3.8, 4) is 0 Å². The maximum atomic E-state index is 10.9. The third-order valence-corrected chi connectivity index (χ3v) is 2.39. The number of carbonyl (C=O) groups is 2. The summed E-state index contributed by atoms with van der Waals surface area (Å²) in [5.74, 6) is -1.42. The maximum Gasteiger partial charge on any atom is 0.337 e. The summed E-state index contributed by atoms with van der Waals surface area (Å²) in [7, 11) is 0. The average Bonchev–Trinajstić information content (AvgIpc) is 2.19. The van der Waals surface area contributed by atoms with Crippen molar-refractivity contribution in [2.75, 3.05) is 0 Å². The molecular weight excluding hydrogens is 232 g/mol. The first-order chi connectivity index (χ1) is 7.41. The number of Topliss-reactive ketones (excluding diaryl/α,β-unsaturated/α-hetero) is 1. The molecule has 0 amide bonds. The fourth-order valence-corrected chi connectivity index (χ4v) is 1.55. The molecule has 0 saturated carbocycles. The lowest BCUT2D eigenvalue weighted by Crippen LogP contribution is -2.11. The molecule has 0 saturated heterocycles. The second-order valence-electron chi connectivity index (χ2n) is 3.48. The number of carbonyl (C=O) groups excluding carboxylic acids is 1. The van der Waals surface area contributed by atoms with Crippen LogP contribution in [0.15, 0.2) is 18.2 Å². The van der Waals surface area contributed by atoms with Crippen molar-refractivity contribution in [2.24, 2.45) is 0 Å². The first-order valence-corrected chi connectivity index (χ1v) is 4.98. The van der Waals surface area contributed by atoms with E-state index in [2.05, 4.69) is 0 Å². The quantitative estimate of drug-likeness (QED) is 0.841. The van der Waals surface area contributed by atoms with Gasteiger partial charge in [0.05, 0.1) is 0 Å². The Morgan fingerprint density at radius 1 is 1.44 bits per heavy atom. The minimum absolute atomic E-state index is 0.0434. The number of aliphatic hydroxyl groups is 1. The van der Waals surface area contributed by atoms with Gasteiger partial charge >= 0.3 is 5.97 Å². The summed E-state index contributed by atoms with van der Waals surface area (Å²) in [6.07, 6.45) is -1.48. The van der Waals surface area contributed by atoms with Gasteiger partial charge in [0.1, 0.15) is 5.78 Å². The normalized spacial score (nSPS) is 12.2. The van der Waals surface area contributed by atoms with Crippen molar-refractivity contribution in [1.29, 1.82) is 0 Å². The van der Waals surface area contributed by atoms with E-state index in [1.165, 1.54) is 19.1 Å². The number of carboxylic acid groups (broad SMARTS) is 1. The minimum atomic E-state index is -1.67. The molecule has 86 valence electrons. The van der Waals surface area contributed by atoms with Crippen molar-refractivity contribution in [3.63, 3.8) is 0 Å². The fourth-order valence-electron chi connectivity index (χ4n) is 1.33. The zero-order valence-electron chi connectivity index (χ0n) is 8.61. The van der Waals surface area contributed by atoms with Crippen LogP contribution in [0.4, 0.5) is 0 Å². The molecule has 0 heterocycles. The van der Waals surface area contributed by atoms with Crippen molar-refractivity contribution in [3.05, 3.63) is 34.3 Å². The van der Waals surface area contributed by atoms with Gasteiger partial charge in [-0.2, -0.15) is 0 Å². The molecule has 0 spiro atoms. The zero-order valence-corrected chi connectivity index (χ0v) is 9.36. The van der Waals surface area contributed by atoms with E-state index in [1.54, 1.807) is 6.07 Å². The standard InChI is InChI=1S/C11H11ClO4/c1-6(13)4-7-2-3-9(12)8(5-7)10(14)11(15)16/h2-3,5,10,14H,4H2,1H3,(H,15,16). The third kappa shape index (κ3) is 3.05. The van der Waals surface area contributed by atoms with Crippen LogP contribution in [0.1, 0.15) is 24.2 Å². The predicted molar refractivity (Wildman–Crippen MR) is 58.4 cm³/mol. The van der Waals surface area contributed by atoms with Crippen LogP contribution in [0.5, 0.6) is 0 Å². The summed E-state index contributed by atoms with van der Waals surface area (Å²) >= 11 is 5.76. The number of aliphatic carboxylic acids is 1. The average molecular weight is 243 g/mol. The van der Waals surface area contributed by atoms with Gasteiger partial charge < -0.3 is 10.2 Å². The van der Waals surface area contributed by atoms with E-state index < -0.39 is 12.1 Å². The molecular formula is C11H11ClO4. The van der Waals surface area contributed by atoms with E-state index in [0.29, 0.717) is 5.56 Å². The molecule has 0 bridgehead atoms. The molecule has 0 aliphatic carbocycles. The van der Waals surface area contributed by atoms with Crippen molar-refractivity contribution < 1.29 is 19.8 Å². The Hall–Kier alpha value is -1.39. The monoisotopic (exact) mass is 242 g/mol. The van der Waals surface area contributed by atoms with Gasteiger partial charge in [-0.1, -0.05) is 23.7 Å². The SMILES string of the molecule is CC(=O)Cc1ccc(Cl)c(C(O)C(=O)O)c1. The Morgan fingerprint density at radius 2 is 2.06 bits per heavy atom. The van der Waals surface area contributed by atoms with Crippen LogP contribution in [0.2, 0.25) is 5.02 Å². The van der Waals surface area contributed by atoms with Gasteiger partial charge in [-0.25, -0.2) is 4.79 Å². The summed E-state index contributed by atoms with van der Waals surface area (Å²) in [5, 5.41) is 18.2. The second-order valence-corrected chi connectivity index (χ2v) is 3.88. The Morgan fingerprint density at radius 3 is 2.56 bits per heavy atom. The molecule has 0 radical (unpaired) electrons. The topological polar surface area (TPSA) is 74.6 Å². The van der Waals surface area contributed by atoms with Crippen molar-refractivity contribution in [2.45, 2.75) is 19.4 Å². The summed E-state index contributed by atoms with van der Waals surface area (Å²) in [6.45, 7) is 1.43. The number of hydrogen-bond donors (Lipinski definition) is 2. The number of hydrogen-bond acceptors (Lipinski definition) is 3. The van der Waals surface area contributed by atoms with Gasteiger partial charge in [0.25, 0.3) is 0 Å². The minimum Gasteiger partial charge on any atom is -0.479 e. The van der Waals surface area contributed by atoms with Crippen LogP contribution in [0.25, 0.3) is 0 Å². The van der Waals surface area contributed by atoms with Gasteiger partial charge in [-0.15, -0.1) is 0 Å². The van der Waals surface area contributed by atoms with Crippen LogP contribution in [0.3, 0.4) is 0 Å². The highest BCUT2D eigenvalue weighted by Gasteiger charge is 2.19. The number of rotatable bonds is 4. The van der Waals surface area contributed by atoms with Gasteiger partial charge in [0.2, 0.25) is 0 Å². The zero-order chi connectivity index (χ0) is 12.3. The molecule has 1 rings (SSSR count). The van der Waals surface area contributed by atoms with E-state index in [-0.39, 0.29) is 22.8 Å². The highest BCUT2D eigenvalue weighted by molar-refractivity contribution is 6.31. The van der Waals surface area contributed by atoms with Crippen LogP contribution >= 0.6 is 11.6 Å². The molecule has 2 N–H and O–H groups in total. The lowest BCUT2D eigenvalue weighted by Gasteiger charge is -2.09. The van der Waals surface area contributed by atoms with E-state index in [9.17, 15) is 14.7 Å². The van der Waals surface area contributed by atoms with Gasteiger partial charge in [0, 0.05) is 17.0 Å². The molecule has 1 aromatic rings. The number of benzene rings is 1. The van der Waals surface area contributed by atoms with E-state index >= 15 is 0 Å². The predicted octanol–water partition coefficient (Wildman–Crippen LogP) is 1.59. The van der Waals surface area contributed by atoms with Crippen LogP contribution < -0.4 is 0 Å². The molecule has 4 nitrogen and oxygen atoms in total. The molecule has 0 aromatic heterocycles. The molecule has 1 atom stereocenters. The van der Waals surface area contributed by atoms with E-state index in [4.69, 9.17) is 16.7 Å². The molecule has 1 unspecified atom stereocenters. The van der Waals surface area contributed by atoms with Crippen molar-refractivity contribution in [1.82, 2.24) is 0 Å². The highest BCUT2D eigenvalue weighted by atomic mass is 35.5. The smallest absolute Gasteiger partial charge is 0.337 e. The van der Waals surface area contributed by atoms with E-state index in [1.807, 2.05) is 0 Å². The molecule has 0 aliphatic rings. The largest absolute Gasteiger partial charge is 0.479 e. The fraction of sp³-hybridized carbons (Fsp3) is 0.273. The Bertz CT molecular complexity index is 428. The van der Waals surface area contributed by atoms with Crippen LogP contribution in [-0.4, -0.2) is 22.0 Å². The molecule has 0 fully saturated rings. The summed E-state index contributed by atoms with van der Waals surface area (Å²) in [6, 6.07) is 4.53. The van der Waals surface area contributed by atoms with Gasteiger partial charge in [-0.05, 0) is 18.6 Å². The number of carboxylic acids is 1. The maximum absolute atomic E-state index is 10.9. The number of ketones is 1. The molecule has 0 aliphatic heterocycles. The lowest BCUT2D eigenvalue weighted by atomic mass is 10.0. The molecule has 5 heteroatoms. The van der Waals surface area contributed by atoms with Crippen LogP contribution in [0, 0.1) is 0 Å². The first-order valence-electron chi connectivity index (χ1n) is 4.60. The lowest BCUT2D eigenvalue weighted by molar-refractivity contribution is -0.146. The first kappa shape index (κ1) is 12.7. The van der Waals surface area contributed by atoms with Gasteiger partial charge in [0.15, 0.2) is 6.10 Å². The molecule has 16 heavy (non-hydrogen) atoms. The van der Waals surface area contributed by atoms with E-state index in [0.717, 1.165) is 0 Å². The van der Waals surface area contributed by atoms with Crippen molar-refractivity contribution >= 4 is 23.4 Å².